The molecule has 2 aromatic carbocycles. The number of hydrogen-bond donors (Lipinski definition) is 6. The molecule has 2 aromatic rings. The topological polar surface area (TPSA) is 161 Å². The van der Waals surface area contributed by atoms with Gasteiger partial charge in [0.15, 0.2) is 17.7 Å². The van der Waals surface area contributed by atoms with Crippen LogP contribution in [0.5, 0.6) is 11.5 Å². The largest absolute Gasteiger partial charge is 0.504 e. The number of rotatable bonds is 11. The Bertz CT molecular complexity index is 1720. The molecule has 0 radical (unpaired) electrons. The molecule has 0 saturated heterocycles. The predicted octanol–water partition coefficient (Wildman–Crippen LogP) is 3.65. The SMILES string of the molecule is CCC[C@H](O)C[C@@H](O)CC(=O)CCc1ccc(O)c(O[C@H]2CC#C[C@H](O)c3ccc4c(c3CC3=CN=C5CN2C=C35)C=CN[C@@H]4N)c1. The fourth-order valence-corrected chi connectivity index (χ4v) is 6.61. The van der Waals surface area contributed by atoms with Gasteiger partial charge in [0.2, 0.25) is 0 Å². The summed E-state index contributed by atoms with van der Waals surface area (Å²) in [5.74, 6) is 6.26. The van der Waals surface area contributed by atoms with Crippen molar-refractivity contribution in [3.05, 3.63) is 87.9 Å². The molecule has 0 fully saturated rings. The summed E-state index contributed by atoms with van der Waals surface area (Å²) in [5, 5.41) is 45.3. The van der Waals surface area contributed by atoms with Gasteiger partial charge in [-0.1, -0.05) is 43.4 Å². The molecule has 2 bridgehead atoms. The lowest BCUT2D eigenvalue weighted by atomic mass is 9.86. The number of aliphatic imine (C=N–C) groups is 1. The van der Waals surface area contributed by atoms with Crippen molar-refractivity contribution in [1.82, 2.24) is 10.2 Å². The monoisotopic (exact) mass is 638 g/mol. The molecule has 0 saturated carbocycles. The lowest BCUT2D eigenvalue weighted by Crippen LogP contribution is -2.35. The molecule has 10 nitrogen and oxygen atoms in total. The van der Waals surface area contributed by atoms with Gasteiger partial charge in [0.1, 0.15) is 18.1 Å². The lowest BCUT2D eigenvalue weighted by molar-refractivity contribution is -0.121. The van der Waals surface area contributed by atoms with Crippen molar-refractivity contribution in [3.8, 4) is 23.3 Å². The number of nitrogens with zero attached hydrogens (tertiary/aromatic N) is 2. The first-order chi connectivity index (χ1) is 22.7. The normalized spacial score (nSPS) is 22.2. The lowest BCUT2D eigenvalue weighted by Gasteiger charge is -2.28. The van der Waals surface area contributed by atoms with Crippen LogP contribution in [-0.4, -0.2) is 61.8 Å². The van der Waals surface area contributed by atoms with Crippen molar-refractivity contribution in [2.75, 3.05) is 6.54 Å². The Hall–Kier alpha value is -4.40. The number of hydrogen-bond acceptors (Lipinski definition) is 10. The maximum atomic E-state index is 12.6. The second kappa shape index (κ2) is 14.2. The molecule has 0 aromatic heterocycles. The highest BCUT2D eigenvalue weighted by molar-refractivity contribution is 6.09. The van der Waals surface area contributed by atoms with E-state index in [1.807, 2.05) is 48.6 Å². The minimum absolute atomic E-state index is 0.00679. The van der Waals surface area contributed by atoms with E-state index in [4.69, 9.17) is 15.5 Å². The van der Waals surface area contributed by atoms with Gasteiger partial charge in [-0.05, 0) is 77.1 Å². The molecule has 246 valence electrons. The number of aliphatic hydroxyl groups is 3. The van der Waals surface area contributed by atoms with E-state index < -0.39 is 24.5 Å². The molecule has 4 heterocycles. The van der Waals surface area contributed by atoms with Crippen molar-refractivity contribution in [2.45, 2.75) is 89.0 Å². The molecular formula is C37H42N4O6. The minimum Gasteiger partial charge on any atom is -0.504 e. The number of carbonyl (C=O) groups excluding carboxylic acids is 1. The third-order valence-electron chi connectivity index (χ3n) is 9.10. The molecule has 6 rings (SSSR count). The molecule has 47 heavy (non-hydrogen) atoms. The molecule has 5 atom stereocenters. The van der Waals surface area contributed by atoms with Gasteiger partial charge >= 0.3 is 0 Å². The first-order valence-corrected chi connectivity index (χ1v) is 16.3. The van der Waals surface area contributed by atoms with Crippen molar-refractivity contribution >= 4 is 17.6 Å². The van der Waals surface area contributed by atoms with Gasteiger partial charge < -0.3 is 41.1 Å². The first kappa shape index (κ1) is 32.5. The van der Waals surface area contributed by atoms with E-state index in [1.165, 1.54) is 0 Å². The second-order valence-corrected chi connectivity index (χ2v) is 12.6. The van der Waals surface area contributed by atoms with Crippen molar-refractivity contribution in [1.29, 1.82) is 0 Å². The zero-order valence-electron chi connectivity index (χ0n) is 26.5. The average molecular weight is 639 g/mol. The molecule has 0 amide bonds. The summed E-state index contributed by atoms with van der Waals surface area (Å²) < 4.78 is 6.39. The number of benzene rings is 2. The Morgan fingerprint density at radius 1 is 1.21 bits per heavy atom. The fourth-order valence-electron chi connectivity index (χ4n) is 6.61. The number of Topliss-reactive ketones (excluding diaryl/α,β-unsaturated/α-hetero) is 1. The van der Waals surface area contributed by atoms with Crippen LogP contribution in [0.1, 0.15) is 85.5 Å². The van der Waals surface area contributed by atoms with Crippen LogP contribution in [0.15, 0.2) is 65.1 Å². The average Bonchev–Trinajstić information content (AvgIpc) is 3.62. The summed E-state index contributed by atoms with van der Waals surface area (Å²) in [6.07, 6.45) is 7.30. The van der Waals surface area contributed by atoms with E-state index >= 15 is 0 Å². The maximum absolute atomic E-state index is 12.6. The van der Waals surface area contributed by atoms with E-state index in [9.17, 15) is 25.2 Å². The van der Waals surface area contributed by atoms with Crippen LogP contribution in [0, 0.1) is 11.8 Å². The number of fused-ring (bicyclic) bond motifs is 4. The fraction of sp³-hybridized carbons (Fsp3) is 0.405. The zero-order valence-corrected chi connectivity index (χ0v) is 26.5. The summed E-state index contributed by atoms with van der Waals surface area (Å²) in [6, 6.07) is 8.85. The van der Waals surface area contributed by atoms with E-state index in [1.54, 1.807) is 18.2 Å². The zero-order chi connectivity index (χ0) is 33.1. The highest BCUT2D eigenvalue weighted by atomic mass is 16.5. The standard InChI is InChI=1S/C37H42N4O6/c1-2-4-24(42)17-26(44)18-25(43)9-7-22-8-12-34(46)35(15-22)47-36-6-3-5-33(45)28-10-11-29-27(13-14-39-37(29)38)30(28)16-23-19-40-32-21-41(36)20-31(23)32/h8,10-15,19-20,24,26,33,36-37,39,42,44-46H,2,4,6-7,9,16-18,21,38H2,1H3/t24-,26+,33-,36-,37-/m0/s1. The number of aliphatic hydroxyl groups excluding tert-OH is 3. The molecular weight excluding hydrogens is 596 g/mol. The van der Waals surface area contributed by atoms with Crippen LogP contribution in [0.25, 0.3) is 6.08 Å². The minimum atomic E-state index is -1.03. The smallest absolute Gasteiger partial charge is 0.183 e. The Morgan fingerprint density at radius 2 is 2.04 bits per heavy atom. The third kappa shape index (κ3) is 7.29. The number of ketones is 1. The van der Waals surface area contributed by atoms with Gasteiger partial charge in [0.25, 0.3) is 0 Å². The van der Waals surface area contributed by atoms with Gasteiger partial charge in [-0.25, -0.2) is 0 Å². The molecule has 0 unspecified atom stereocenters. The van der Waals surface area contributed by atoms with Gasteiger partial charge in [-0.2, -0.15) is 0 Å². The number of aryl methyl sites for hydroxylation is 1. The predicted molar refractivity (Wildman–Crippen MR) is 179 cm³/mol. The van der Waals surface area contributed by atoms with Gasteiger partial charge in [0.05, 0.1) is 30.9 Å². The number of phenols is 1. The summed E-state index contributed by atoms with van der Waals surface area (Å²) in [7, 11) is 0. The number of nitrogens with one attached hydrogen (secondary N) is 1. The van der Waals surface area contributed by atoms with E-state index in [2.05, 4.69) is 17.2 Å². The molecule has 4 aliphatic heterocycles. The quantitative estimate of drug-likeness (QED) is 0.202. The van der Waals surface area contributed by atoms with Crippen molar-refractivity contribution in [2.24, 2.45) is 10.7 Å². The Morgan fingerprint density at radius 3 is 2.87 bits per heavy atom. The number of allylic oxidation sites excluding steroid dienone is 1. The van der Waals surface area contributed by atoms with Crippen LogP contribution in [0.2, 0.25) is 0 Å². The van der Waals surface area contributed by atoms with E-state index in [-0.39, 0.29) is 49.1 Å². The van der Waals surface area contributed by atoms with Gasteiger partial charge in [0, 0.05) is 37.2 Å². The van der Waals surface area contributed by atoms with Crippen LogP contribution >= 0.6 is 0 Å². The maximum Gasteiger partial charge on any atom is 0.183 e. The number of phenolic OH excluding ortho intramolecular Hbond substituents is 1. The summed E-state index contributed by atoms with van der Waals surface area (Å²) in [4.78, 5) is 19.3. The molecule has 7 N–H and O–H groups in total. The van der Waals surface area contributed by atoms with Crippen LogP contribution in [0.4, 0.5) is 0 Å². The van der Waals surface area contributed by atoms with Crippen LogP contribution < -0.4 is 15.8 Å². The Labute approximate surface area is 275 Å². The van der Waals surface area contributed by atoms with Gasteiger partial charge in [-0.3, -0.25) is 9.79 Å². The summed E-state index contributed by atoms with van der Waals surface area (Å²) >= 11 is 0. The Balaban J connectivity index is 1.20. The second-order valence-electron chi connectivity index (χ2n) is 12.6. The van der Waals surface area contributed by atoms with Crippen LogP contribution in [-0.2, 0) is 17.6 Å². The first-order valence-electron chi connectivity index (χ1n) is 16.3. The third-order valence-corrected chi connectivity index (χ3v) is 9.10. The highest BCUT2D eigenvalue weighted by Crippen LogP contribution is 2.37. The van der Waals surface area contributed by atoms with Crippen molar-refractivity contribution in [3.63, 3.8) is 0 Å². The summed E-state index contributed by atoms with van der Waals surface area (Å²) in [5.41, 5.74) is 13.7. The molecule has 10 heteroatoms. The van der Waals surface area contributed by atoms with Gasteiger partial charge in [-0.15, -0.1) is 0 Å². The van der Waals surface area contributed by atoms with E-state index in [0.717, 1.165) is 51.1 Å². The number of nitrogens with two attached hydrogens (primary N) is 1. The molecule has 0 aliphatic carbocycles. The van der Waals surface area contributed by atoms with Crippen molar-refractivity contribution < 1.29 is 30.0 Å². The number of carbonyl (C=O) groups is 1. The molecule has 4 aliphatic rings. The Kier molecular flexibility index (Phi) is 9.80. The summed E-state index contributed by atoms with van der Waals surface area (Å²) in [6.45, 7) is 2.46. The molecule has 0 spiro atoms. The van der Waals surface area contributed by atoms with Crippen LogP contribution in [0.3, 0.4) is 0 Å². The number of aromatic hydroxyl groups is 1. The number of ether oxygens (including phenoxy) is 1. The highest BCUT2D eigenvalue weighted by Gasteiger charge is 2.33. The van der Waals surface area contributed by atoms with E-state index in [0.29, 0.717) is 25.8 Å².